The molecule has 0 aliphatic carbocycles. The zero-order valence-electron chi connectivity index (χ0n) is 16.2. The fraction of sp³-hybridized carbons (Fsp3) is 0.471. The number of nitrogens with one attached hydrogen (secondary N) is 1. The quantitative estimate of drug-likeness (QED) is 0.254. The largest absolute Gasteiger partial charge is 0.573 e. The zero-order chi connectivity index (χ0) is 24.1. The Morgan fingerprint density at radius 3 is 2.47 bits per heavy atom. The summed E-state index contributed by atoms with van der Waals surface area (Å²) >= 11 is 0. The number of alkyl halides is 6. The number of nitrogens with zero attached hydrogens (tertiary/aromatic N) is 1. The van der Waals surface area contributed by atoms with Gasteiger partial charge >= 0.3 is 12.5 Å². The lowest BCUT2D eigenvalue weighted by Gasteiger charge is -2.29. The Kier molecular flexibility index (Phi) is 7.77. The van der Waals surface area contributed by atoms with Crippen LogP contribution in [0.25, 0.3) is 6.08 Å². The van der Waals surface area contributed by atoms with Crippen molar-refractivity contribution in [2.75, 3.05) is 26.4 Å². The van der Waals surface area contributed by atoms with Crippen LogP contribution in [0.4, 0.5) is 26.3 Å². The summed E-state index contributed by atoms with van der Waals surface area (Å²) in [5.41, 5.74) is -1.15. The van der Waals surface area contributed by atoms with Crippen molar-refractivity contribution in [3.05, 3.63) is 38.9 Å². The second kappa shape index (κ2) is 9.93. The molecule has 0 bridgehead atoms. The van der Waals surface area contributed by atoms with Crippen LogP contribution in [0, 0.1) is 17.0 Å². The van der Waals surface area contributed by atoms with E-state index in [1.807, 2.05) is 0 Å². The minimum absolute atomic E-state index is 0.0583. The Balaban J connectivity index is 2.15. The number of aryl methyl sites for hydroxylation is 1. The van der Waals surface area contributed by atoms with Gasteiger partial charge in [0, 0.05) is 12.1 Å². The highest BCUT2D eigenvalue weighted by atomic mass is 19.4. The van der Waals surface area contributed by atoms with E-state index < -0.39 is 41.0 Å². The van der Waals surface area contributed by atoms with E-state index >= 15 is 0 Å². The average molecular weight is 474 g/mol. The molecule has 1 unspecified atom stereocenters. The van der Waals surface area contributed by atoms with E-state index in [0.29, 0.717) is 0 Å². The van der Waals surface area contributed by atoms with Crippen molar-refractivity contribution in [2.45, 2.75) is 25.6 Å². The van der Waals surface area contributed by atoms with Crippen LogP contribution in [0.1, 0.15) is 11.1 Å². The number of amides is 1. The van der Waals surface area contributed by atoms with Gasteiger partial charge in [-0.15, -0.1) is 23.3 Å². The molecule has 1 aromatic carbocycles. The highest BCUT2D eigenvalue weighted by Crippen LogP contribution is 2.41. The molecule has 0 spiro atoms. The van der Waals surface area contributed by atoms with E-state index in [-0.39, 0.29) is 43.2 Å². The first-order chi connectivity index (χ1) is 14.8. The predicted octanol–water partition coefficient (Wildman–Crippen LogP) is 2.94. The number of halogens is 6. The number of hydrogen-bond acceptors (Lipinski definition) is 7. The Morgan fingerprint density at radius 1 is 1.19 bits per heavy atom. The van der Waals surface area contributed by atoms with Crippen molar-refractivity contribution in [3.8, 4) is 11.5 Å². The summed E-state index contributed by atoms with van der Waals surface area (Å²) in [6.07, 6.45) is -11.9. The van der Waals surface area contributed by atoms with E-state index in [4.69, 9.17) is 9.47 Å². The molecule has 1 N–H and O–H groups in total. The van der Waals surface area contributed by atoms with Gasteiger partial charge in [-0.1, -0.05) is 0 Å². The summed E-state index contributed by atoms with van der Waals surface area (Å²) in [6, 6.07) is 1.66. The second-order valence-electron chi connectivity index (χ2n) is 6.27. The molecule has 1 atom stereocenters. The minimum Gasteiger partial charge on any atom is -0.475 e. The summed E-state index contributed by atoms with van der Waals surface area (Å²) in [6.45, 7) is 0.185. The molecule has 1 aromatic rings. The molecule has 0 saturated heterocycles. The van der Waals surface area contributed by atoms with Crippen LogP contribution < -0.4 is 14.8 Å². The monoisotopic (exact) mass is 474 g/mol. The summed E-state index contributed by atoms with van der Waals surface area (Å²) in [4.78, 5) is 26.2. The van der Waals surface area contributed by atoms with Gasteiger partial charge < -0.3 is 24.4 Å². The lowest BCUT2D eigenvalue weighted by Crippen LogP contribution is -2.44. The molecule has 32 heavy (non-hydrogen) atoms. The molecule has 9 nitrogen and oxygen atoms in total. The van der Waals surface area contributed by atoms with Crippen LogP contribution in [0.2, 0.25) is 0 Å². The Labute approximate surface area is 176 Å². The van der Waals surface area contributed by atoms with Crippen LogP contribution in [0.5, 0.6) is 11.5 Å². The molecule has 0 radical (unpaired) electrons. The minimum atomic E-state index is -5.03. The maximum absolute atomic E-state index is 13.5. The highest BCUT2D eigenvalue weighted by Gasteiger charge is 2.48. The third-order valence-corrected chi connectivity index (χ3v) is 3.86. The molecule has 0 saturated carbocycles. The standard InChI is InChI=1S/C17H16F6N2O7/c1-9-6-11(32-17(21,22)23)7-10-8-12(14(16(18,19)20)31-13(9)10)15(26)24-2-3-29-4-5-30-25(27)28/h6-8,14H,2-5H2,1H3,(H,24,26). The molecular formula is C17H16F6N2O7. The Hall–Kier alpha value is -3.23. The van der Waals surface area contributed by atoms with Gasteiger partial charge in [-0.25, -0.2) is 0 Å². The van der Waals surface area contributed by atoms with Crippen LogP contribution in [0.3, 0.4) is 0 Å². The molecule has 0 fully saturated rings. The smallest absolute Gasteiger partial charge is 0.475 e. The number of carbonyl (C=O) groups excluding carboxylic acids is 1. The number of hydrogen-bond donors (Lipinski definition) is 1. The maximum atomic E-state index is 13.5. The van der Waals surface area contributed by atoms with E-state index in [9.17, 15) is 41.3 Å². The van der Waals surface area contributed by atoms with E-state index in [2.05, 4.69) is 14.9 Å². The van der Waals surface area contributed by atoms with Crippen molar-refractivity contribution >= 4 is 12.0 Å². The molecule has 2 rings (SSSR count). The van der Waals surface area contributed by atoms with Crippen molar-refractivity contribution in [1.29, 1.82) is 0 Å². The van der Waals surface area contributed by atoms with Gasteiger partial charge in [0.2, 0.25) is 6.10 Å². The van der Waals surface area contributed by atoms with Gasteiger partial charge in [-0.3, -0.25) is 4.79 Å². The molecule has 1 amide bonds. The lowest BCUT2D eigenvalue weighted by atomic mass is 9.98. The van der Waals surface area contributed by atoms with Gasteiger partial charge in [-0.2, -0.15) is 13.2 Å². The molecule has 1 aliphatic rings. The molecular weight excluding hydrogens is 458 g/mol. The number of rotatable bonds is 9. The predicted molar refractivity (Wildman–Crippen MR) is 93.1 cm³/mol. The average Bonchev–Trinajstić information content (AvgIpc) is 2.63. The maximum Gasteiger partial charge on any atom is 0.573 e. The first-order valence-electron chi connectivity index (χ1n) is 8.76. The van der Waals surface area contributed by atoms with E-state index in [1.54, 1.807) is 0 Å². The van der Waals surface area contributed by atoms with Gasteiger partial charge in [0.15, 0.2) is 0 Å². The fourth-order valence-corrected chi connectivity index (χ4v) is 2.69. The van der Waals surface area contributed by atoms with Gasteiger partial charge in [-0.05, 0) is 30.7 Å². The summed E-state index contributed by atoms with van der Waals surface area (Å²) in [7, 11) is 0. The summed E-state index contributed by atoms with van der Waals surface area (Å²) in [5, 5.41) is 11.1. The first-order valence-corrected chi connectivity index (χ1v) is 8.76. The molecule has 15 heteroatoms. The molecule has 178 valence electrons. The number of carbonyl (C=O) groups is 1. The third kappa shape index (κ3) is 7.18. The third-order valence-electron chi connectivity index (χ3n) is 3.86. The molecule has 1 aliphatic heterocycles. The van der Waals surface area contributed by atoms with Crippen LogP contribution in [-0.4, -0.2) is 56.0 Å². The van der Waals surface area contributed by atoms with Crippen LogP contribution in [0.15, 0.2) is 17.7 Å². The Bertz CT molecular complexity index is 885. The first kappa shape index (κ1) is 25.0. The number of fused-ring (bicyclic) bond motifs is 1. The zero-order valence-corrected chi connectivity index (χ0v) is 16.2. The van der Waals surface area contributed by atoms with Crippen molar-refractivity contribution in [3.63, 3.8) is 0 Å². The number of ether oxygens (including phenoxy) is 3. The topological polar surface area (TPSA) is 109 Å². The normalized spacial score (nSPS) is 15.8. The van der Waals surface area contributed by atoms with E-state index in [0.717, 1.165) is 18.2 Å². The van der Waals surface area contributed by atoms with Crippen LogP contribution >= 0.6 is 0 Å². The van der Waals surface area contributed by atoms with Crippen molar-refractivity contribution in [1.82, 2.24) is 5.32 Å². The van der Waals surface area contributed by atoms with E-state index in [1.165, 1.54) is 6.92 Å². The second-order valence-corrected chi connectivity index (χ2v) is 6.27. The highest BCUT2D eigenvalue weighted by molar-refractivity contribution is 6.00. The molecule has 1 heterocycles. The van der Waals surface area contributed by atoms with Crippen molar-refractivity contribution < 1.29 is 55.3 Å². The fourth-order valence-electron chi connectivity index (χ4n) is 2.69. The summed E-state index contributed by atoms with van der Waals surface area (Å²) < 4.78 is 91.5. The SMILES string of the molecule is Cc1cc(OC(F)(F)F)cc2c1OC(C(F)(F)F)C(C(=O)NCCOCCO[N+](=O)[O-])=C2. The summed E-state index contributed by atoms with van der Waals surface area (Å²) in [5.74, 6) is -2.22. The van der Waals surface area contributed by atoms with Crippen LogP contribution in [-0.2, 0) is 14.4 Å². The molecule has 0 aromatic heterocycles. The van der Waals surface area contributed by atoms with Gasteiger partial charge in [0.1, 0.15) is 18.1 Å². The number of benzene rings is 1. The van der Waals surface area contributed by atoms with Crippen molar-refractivity contribution in [2.24, 2.45) is 0 Å². The van der Waals surface area contributed by atoms with Gasteiger partial charge in [0.05, 0.1) is 18.8 Å². The van der Waals surface area contributed by atoms with Gasteiger partial charge in [0.25, 0.3) is 11.0 Å². The lowest BCUT2D eigenvalue weighted by molar-refractivity contribution is -0.758. The Morgan fingerprint density at radius 2 is 1.88 bits per heavy atom.